The van der Waals surface area contributed by atoms with Crippen molar-refractivity contribution in [3.63, 3.8) is 0 Å². The minimum absolute atomic E-state index is 0.0124. The van der Waals surface area contributed by atoms with E-state index in [2.05, 4.69) is 10.1 Å². The lowest BCUT2D eigenvalue weighted by Gasteiger charge is -2.16. The zero-order chi connectivity index (χ0) is 21.3. The Kier molecular flexibility index (Phi) is 5.81. The maximum Gasteiger partial charge on any atom is 0.374 e. The molecule has 1 N–H and O–H groups in total. The molecule has 0 bridgehead atoms. The van der Waals surface area contributed by atoms with Gasteiger partial charge in [-0.1, -0.05) is 37.5 Å². The molecule has 0 aliphatic carbocycles. The first-order valence-corrected chi connectivity index (χ1v) is 10.0. The van der Waals surface area contributed by atoms with Crippen LogP contribution < -0.4 is 0 Å². The van der Waals surface area contributed by atoms with Crippen molar-refractivity contribution >= 4 is 34.9 Å². The molecule has 154 valence electrons. The number of rotatable bonds is 6. The molecule has 3 aromatic rings. The summed E-state index contributed by atoms with van der Waals surface area (Å²) in [5.74, 6) is -1.47. The SMILES string of the molecule is CCOC(=O)c1nc(C(C)(C)C)c(C(=O)O)n1Cc1cc(-c2ccc(Cl)s2)on1. The Bertz CT molecular complexity index is 1060. The van der Waals surface area contributed by atoms with Crippen molar-refractivity contribution in [2.45, 2.75) is 39.7 Å². The van der Waals surface area contributed by atoms with Crippen LogP contribution in [0.15, 0.2) is 22.7 Å². The molecule has 0 saturated carbocycles. The van der Waals surface area contributed by atoms with Crippen molar-refractivity contribution in [2.24, 2.45) is 0 Å². The quantitative estimate of drug-likeness (QED) is 0.566. The second-order valence-corrected chi connectivity index (χ2v) is 9.00. The number of ether oxygens (including phenoxy) is 1. The Morgan fingerprint density at radius 2 is 2.07 bits per heavy atom. The fourth-order valence-electron chi connectivity index (χ4n) is 2.81. The second kappa shape index (κ2) is 8.00. The summed E-state index contributed by atoms with van der Waals surface area (Å²) in [6, 6.07) is 5.23. The highest BCUT2D eigenvalue weighted by atomic mass is 35.5. The summed E-state index contributed by atoms with van der Waals surface area (Å²) in [6.45, 7) is 7.29. The highest BCUT2D eigenvalue weighted by molar-refractivity contribution is 7.19. The maximum atomic E-state index is 12.4. The lowest BCUT2D eigenvalue weighted by atomic mass is 9.90. The van der Waals surface area contributed by atoms with Gasteiger partial charge in [-0.05, 0) is 19.1 Å². The van der Waals surface area contributed by atoms with Gasteiger partial charge in [-0.3, -0.25) is 0 Å². The first-order valence-electron chi connectivity index (χ1n) is 8.84. The topological polar surface area (TPSA) is 107 Å². The first kappa shape index (κ1) is 21.1. The number of hydrogen-bond acceptors (Lipinski definition) is 7. The lowest BCUT2D eigenvalue weighted by molar-refractivity contribution is 0.0506. The van der Waals surface area contributed by atoms with Gasteiger partial charge in [0.25, 0.3) is 0 Å². The third-order valence-electron chi connectivity index (χ3n) is 4.03. The van der Waals surface area contributed by atoms with E-state index in [0.29, 0.717) is 21.5 Å². The predicted octanol–water partition coefficient (Wildman–Crippen LogP) is 4.47. The van der Waals surface area contributed by atoms with E-state index in [1.807, 2.05) is 20.8 Å². The average Bonchev–Trinajstić information content (AvgIpc) is 3.32. The van der Waals surface area contributed by atoms with Crippen LogP contribution in [-0.4, -0.2) is 38.4 Å². The lowest BCUT2D eigenvalue weighted by Crippen LogP contribution is -2.20. The number of halogens is 1. The fraction of sp³-hybridized carbons (Fsp3) is 0.368. The van der Waals surface area contributed by atoms with E-state index in [4.69, 9.17) is 20.9 Å². The number of nitrogens with zero attached hydrogens (tertiary/aromatic N) is 3. The number of hydrogen-bond donors (Lipinski definition) is 1. The number of carboxylic acid groups (broad SMARTS) is 1. The van der Waals surface area contributed by atoms with Gasteiger partial charge >= 0.3 is 11.9 Å². The van der Waals surface area contributed by atoms with Crippen LogP contribution >= 0.6 is 22.9 Å². The summed E-state index contributed by atoms with van der Waals surface area (Å²) in [6.07, 6.45) is 0. The van der Waals surface area contributed by atoms with Gasteiger partial charge in [-0.15, -0.1) is 11.3 Å². The Balaban J connectivity index is 2.07. The van der Waals surface area contributed by atoms with Crippen molar-refractivity contribution in [2.75, 3.05) is 6.61 Å². The minimum Gasteiger partial charge on any atom is -0.477 e. The van der Waals surface area contributed by atoms with Crippen LogP contribution in [0, 0.1) is 0 Å². The summed E-state index contributed by atoms with van der Waals surface area (Å²) in [5.41, 5.74) is 0.0599. The molecular formula is C19H20ClN3O5S. The van der Waals surface area contributed by atoms with E-state index in [-0.39, 0.29) is 24.7 Å². The molecule has 0 saturated heterocycles. The van der Waals surface area contributed by atoms with Gasteiger partial charge in [-0.2, -0.15) is 0 Å². The molecule has 0 unspecified atom stereocenters. The zero-order valence-corrected chi connectivity index (χ0v) is 17.9. The van der Waals surface area contributed by atoms with Gasteiger partial charge < -0.3 is 18.9 Å². The van der Waals surface area contributed by atoms with Crippen molar-refractivity contribution in [3.8, 4) is 10.6 Å². The van der Waals surface area contributed by atoms with E-state index in [1.54, 1.807) is 25.1 Å². The van der Waals surface area contributed by atoms with Crippen LogP contribution in [0.3, 0.4) is 0 Å². The summed E-state index contributed by atoms with van der Waals surface area (Å²) >= 11 is 7.30. The van der Waals surface area contributed by atoms with E-state index >= 15 is 0 Å². The van der Waals surface area contributed by atoms with E-state index in [0.717, 1.165) is 4.88 Å². The number of carbonyl (C=O) groups excluding carboxylic acids is 1. The molecule has 0 aliphatic rings. The normalized spacial score (nSPS) is 11.6. The first-order chi connectivity index (χ1) is 13.6. The third kappa shape index (κ3) is 4.35. The molecular weight excluding hydrogens is 418 g/mol. The Hall–Kier alpha value is -2.65. The molecule has 0 aliphatic heterocycles. The van der Waals surface area contributed by atoms with Crippen molar-refractivity contribution in [3.05, 3.63) is 45.4 Å². The standard InChI is InChI=1S/C19H20ClN3O5S/c1-5-27-18(26)16-21-15(19(2,3)4)14(17(24)25)23(16)9-10-8-11(28-22-10)12-6-7-13(20)29-12/h6-8H,5,9H2,1-4H3,(H,24,25). The molecule has 3 aromatic heterocycles. The highest BCUT2D eigenvalue weighted by Gasteiger charge is 2.33. The predicted molar refractivity (Wildman–Crippen MR) is 108 cm³/mol. The maximum absolute atomic E-state index is 12.4. The Labute approximate surface area is 176 Å². The molecule has 3 heterocycles. The van der Waals surface area contributed by atoms with Crippen molar-refractivity contribution in [1.82, 2.24) is 14.7 Å². The molecule has 8 nitrogen and oxygen atoms in total. The molecule has 0 atom stereocenters. The molecule has 0 aromatic carbocycles. The Morgan fingerprint density at radius 1 is 1.34 bits per heavy atom. The molecule has 29 heavy (non-hydrogen) atoms. The average molecular weight is 438 g/mol. The monoisotopic (exact) mass is 437 g/mol. The van der Waals surface area contributed by atoms with Gasteiger partial charge in [0.05, 0.1) is 28.1 Å². The largest absolute Gasteiger partial charge is 0.477 e. The minimum atomic E-state index is -1.19. The van der Waals surface area contributed by atoms with Gasteiger partial charge in [0.15, 0.2) is 11.5 Å². The van der Waals surface area contributed by atoms with Gasteiger partial charge in [0.2, 0.25) is 5.82 Å². The number of aromatic carboxylic acids is 1. The summed E-state index contributed by atoms with van der Waals surface area (Å²) in [4.78, 5) is 29.6. The second-order valence-electron chi connectivity index (χ2n) is 7.28. The number of carboxylic acids is 1. The summed E-state index contributed by atoms with van der Waals surface area (Å²) in [5, 5.41) is 13.8. The number of esters is 1. The van der Waals surface area contributed by atoms with Crippen LogP contribution in [-0.2, 0) is 16.7 Å². The smallest absolute Gasteiger partial charge is 0.374 e. The van der Waals surface area contributed by atoms with Crippen molar-refractivity contribution in [1.29, 1.82) is 0 Å². The number of aromatic nitrogens is 3. The van der Waals surface area contributed by atoms with E-state index < -0.39 is 17.4 Å². The van der Waals surface area contributed by atoms with Crippen LogP contribution in [0.1, 0.15) is 60.2 Å². The molecule has 10 heteroatoms. The summed E-state index contributed by atoms with van der Waals surface area (Å²) in [7, 11) is 0. The van der Waals surface area contributed by atoms with Crippen LogP contribution in [0.25, 0.3) is 10.6 Å². The van der Waals surface area contributed by atoms with E-state index in [9.17, 15) is 14.7 Å². The highest BCUT2D eigenvalue weighted by Crippen LogP contribution is 2.32. The summed E-state index contributed by atoms with van der Waals surface area (Å²) < 4.78 is 12.4. The Morgan fingerprint density at radius 3 is 2.62 bits per heavy atom. The van der Waals surface area contributed by atoms with Gasteiger partial charge in [0, 0.05) is 11.5 Å². The van der Waals surface area contributed by atoms with Crippen molar-refractivity contribution < 1.29 is 24.0 Å². The molecule has 0 amide bonds. The molecule has 0 spiro atoms. The number of thiophene rings is 1. The van der Waals surface area contributed by atoms with Gasteiger partial charge in [-0.25, -0.2) is 14.6 Å². The van der Waals surface area contributed by atoms with E-state index in [1.165, 1.54) is 15.9 Å². The molecule has 3 rings (SSSR count). The van der Waals surface area contributed by atoms with Crippen LogP contribution in [0.2, 0.25) is 4.34 Å². The van der Waals surface area contributed by atoms with Crippen LogP contribution in [0.4, 0.5) is 0 Å². The number of imidazole rings is 1. The third-order valence-corrected chi connectivity index (χ3v) is 5.28. The van der Waals surface area contributed by atoms with Gasteiger partial charge in [0.1, 0.15) is 5.69 Å². The van der Waals surface area contributed by atoms with Crippen LogP contribution in [0.5, 0.6) is 0 Å². The molecule has 0 radical (unpaired) electrons. The zero-order valence-electron chi connectivity index (χ0n) is 16.4. The molecule has 0 fully saturated rings. The number of carbonyl (C=O) groups is 2. The fourth-order valence-corrected chi connectivity index (χ4v) is 3.80.